The Bertz CT molecular complexity index is 1390. The Hall–Kier alpha value is -3.84. The van der Waals surface area contributed by atoms with Crippen molar-refractivity contribution in [2.75, 3.05) is 4.90 Å². The molecular weight excluding hydrogens is 422 g/mol. The molecule has 1 fully saturated rings. The number of aromatic nitrogens is 2. The van der Waals surface area contributed by atoms with E-state index in [9.17, 15) is 14.7 Å². The minimum absolute atomic E-state index is 0.0290. The van der Waals surface area contributed by atoms with Crippen LogP contribution in [0.5, 0.6) is 0 Å². The van der Waals surface area contributed by atoms with Crippen molar-refractivity contribution in [3.05, 3.63) is 94.8 Å². The van der Waals surface area contributed by atoms with Crippen molar-refractivity contribution in [3.63, 3.8) is 0 Å². The number of aliphatic hydroxyl groups is 1. The van der Waals surface area contributed by atoms with Crippen LogP contribution in [0, 0.1) is 13.8 Å². The first kappa shape index (κ1) is 20.1. The maximum atomic E-state index is 13.2. The summed E-state index contributed by atoms with van der Waals surface area (Å²) in [4.78, 5) is 36.7. The molecule has 0 unspecified atom stereocenters. The van der Waals surface area contributed by atoms with Crippen molar-refractivity contribution in [1.29, 1.82) is 0 Å². The number of hydrogen-bond acceptors (Lipinski definition) is 6. The van der Waals surface area contributed by atoms with Crippen molar-refractivity contribution < 1.29 is 14.7 Å². The zero-order valence-electron chi connectivity index (χ0n) is 17.4. The number of rotatable bonds is 3. The number of ketones is 1. The van der Waals surface area contributed by atoms with Crippen LogP contribution in [0.25, 0.3) is 16.0 Å². The number of aliphatic hydroxyl groups excluding tert-OH is 1. The van der Waals surface area contributed by atoms with Gasteiger partial charge in [0.25, 0.3) is 5.78 Å². The Morgan fingerprint density at radius 3 is 2.56 bits per heavy atom. The summed E-state index contributed by atoms with van der Waals surface area (Å²) in [5.74, 6) is -1.68. The summed E-state index contributed by atoms with van der Waals surface area (Å²) >= 11 is 1.35. The van der Waals surface area contributed by atoms with Gasteiger partial charge in [0, 0.05) is 18.0 Å². The van der Waals surface area contributed by atoms with Crippen LogP contribution in [-0.4, -0.2) is 26.8 Å². The molecule has 6 nitrogen and oxygen atoms in total. The molecule has 158 valence electrons. The van der Waals surface area contributed by atoms with Gasteiger partial charge in [-0.05, 0) is 42.7 Å². The molecular formula is C25H19N3O3S. The number of aryl methyl sites for hydroxylation is 2. The maximum absolute atomic E-state index is 13.2. The Kier molecular flexibility index (Phi) is 4.83. The predicted molar refractivity (Wildman–Crippen MR) is 125 cm³/mol. The molecule has 1 saturated heterocycles. The number of carbonyl (C=O) groups is 2. The molecule has 32 heavy (non-hydrogen) atoms. The van der Waals surface area contributed by atoms with Crippen molar-refractivity contribution in [1.82, 2.24) is 9.97 Å². The number of benzene rings is 2. The summed E-state index contributed by atoms with van der Waals surface area (Å²) in [7, 11) is 0. The van der Waals surface area contributed by atoms with Gasteiger partial charge in [0.1, 0.15) is 5.76 Å². The molecule has 0 spiro atoms. The van der Waals surface area contributed by atoms with Crippen LogP contribution in [0.2, 0.25) is 0 Å². The highest BCUT2D eigenvalue weighted by Gasteiger charge is 2.48. The van der Waals surface area contributed by atoms with Crippen LogP contribution in [-0.2, 0) is 9.59 Å². The van der Waals surface area contributed by atoms with Gasteiger partial charge in [-0.15, -0.1) is 0 Å². The Morgan fingerprint density at radius 2 is 1.84 bits per heavy atom. The molecule has 1 N–H and O–H groups in total. The van der Waals surface area contributed by atoms with Crippen molar-refractivity contribution in [2.45, 2.75) is 19.9 Å². The lowest BCUT2D eigenvalue weighted by atomic mass is 9.96. The van der Waals surface area contributed by atoms with E-state index in [4.69, 9.17) is 4.98 Å². The third-order valence-electron chi connectivity index (χ3n) is 5.52. The number of anilines is 1. The van der Waals surface area contributed by atoms with Gasteiger partial charge in [-0.1, -0.05) is 53.8 Å². The van der Waals surface area contributed by atoms with Gasteiger partial charge in [0.15, 0.2) is 5.13 Å². The molecule has 0 saturated carbocycles. The summed E-state index contributed by atoms with van der Waals surface area (Å²) in [5, 5.41) is 11.5. The number of thiazole rings is 1. The predicted octanol–water partition coefficient (Wildman–Crippen LogP) is 4.93. The Balaban J connectivity index is 1.74. The fourth-order valence-electron chi connectivity index (χ4n) is 4.10. The summed E-state index contributed by atoms with van der Waals surface area (Å²) in [6.07, 6.45) is 3.22. The quantitative estimate of drug-likeness (QED) is 0.277. The zero-order chi connectivity index (χ0) is 22.4. The van der Waals surface area contributed by atoms with Crippen molar-refractivity contribution in [2.24, 2.45) is 0 Å². The molecule has 1 atom stereocenters. The largest absolute Gasteiger partial charge is 0.507 e. The molecule has 5 rings (SSSR count). The number of nitrogens with zero attached hydrogens (tertiary/aromatic N) is 3. The van der Waals surface area contributed by atoms with Gasteiger partial charge in [-0.3, -0.25) is 19.5 Å². The summed E-state index contributed by atoms with van der Waals surface area (Å²) in [6, 6.07) is 15.5. The van der Waals surface area contributed by atoms with E-state index in [-0.39, 0.29) is 11.3 Å². The molecule has 0 aliphatic carbocycles. The molecule has 2 aromatic heterocycles. The van der Waals surface area contributed by atoms with E-state index in [2.05, 4.69) is 4.98 Å². The lowest BCUT2D eigenvalue weighted by Gasteiger charge is -2.22. The van der Waals surface area contributed by atoms with Crippen LogP contribution < -0.4 is 4.90 Å². The SMILES string of the molecule is Cc1cc(C)c2nc(N3C(=O)C(=O)C(=C(O)c4ccccc4)[C@@H]3c3cccnc3)sc2c1. The molecule has 4 aromatic rings. The van der Waals surface area contributed by atoms with Gasteiger partial charge < -0.3 is 5.11 Å². The third-order valence-corrected chi connectivity index (χ3v) is 6.52. The Labute approximate surface area is 188 Å². The molecule has 1 amide bonds. The number of hydrogen-bond donors (Lipinski definition) is 1. The van der Waals surface area contributed by atoms with Crippen LogP contribution in [0.3, 0.4) is 0 Å². The van der Waals surface area contributed by atoms with Gasteiger partial charge in [0.2, 0.25) is 0 Å². The van der Waals surface area contributed by atoms with E-state index >= 15 is 0 Å². The topological polar surface area (TPSA) is 83.4 Å². The van der Waals surface area contributed by atoms with Gasteiger partial charge in [-0.25, -0.2) is 4.98 Å². The highest BCUT2D eigenvalue weighted by atomic mass is 32.1. The highest BCUT2D eigenvalue weighted by Crippen LogP contribution is 2.44. The molecule has 7 heteroatoms. The van der Waals surface area contributed by atoms with Crippen LogP contribution in [0.4, 0.5) is 5.13 Å². The van der Waals surface area contributed by atoms with E-state index in [1.807, 2.05) is 32.0 Å². The number of Topliss-reactive ketones (excluding diaryl/α,β-unsaturated/α-hetero) is 1. The van der Waals surface area contributed by atoms with Crippen LogP contribution in [0.15, 0.2) is 72.6 Å². The van der Waals surface area contributed by atoms with E-state index < -0.39 is 17.7 Å². The summed E-state index contributed by atoms with van der Waals surface area (Å²) in [5.41, 5.74) is 4.01. The first-order valence-electron chi connectivity index (χ1n) is 10.1. The van der Waals surface area contributed by atoms with Crippen LogP contribution in [0.1, 0.15) is 28.3 Å². The Morgan fingerprint density at radius 1 is 1.06 bits per heavy atom. The number of carbonyl (C=O) groups excluding carboxylic acids is 2. The average molecular weight is 442 g/mol. The minimum Gasteiger partial charge on any atom is -0.507 e. The standard InChI is InChI=1S/C25H19N3O3S/c1-14-11-15(2)20-18(12-14)32-25(27-20)28-21(17-9-6-10-26-13-17)19(23(30)24(28)31)22(29)16-7-4-3-5-8-16/h3-13,21,29H,1-2H3/t21-/m0/s1. The second-order valence-electron chi connectivity index (χ2n) is 7.75. The maximum Gasteiger partial charge on any atom is 0.301 e. The van der Waals surface area contributed by atoms with Crippen LogP contribution >= 0.6 is 11.3 Å². The van der Waals surface area contributed by atoms with Gasteiger partial charge >= 0.3 is 5.91 Å². The lowest BCUT2D eigenvalue weighted by Crippen LogP contribution is -2.29. The van der Waals surface area contributed by atoms with E-state index in [1.165, 1.54) is 16.2 Å². The third kappa shape index (κ3) is 3.18. The second kappa shape index (κ2) is 7.69. The fraction of sp³-hybridized carbons (Fsp3) is 0.120. The normalized spacial score (nSPS) is 17.9. The first-order valence-corrected chi connectivity index (χ1v) is 10.9. The number of pyridine rings is 1. The minimum atomic E-state index is -0.828. The number of amides is 1. The van der Waals surface area contributed by atoms with Crippen molar-refractivity contribution in [3.8, 4) is 0 Å². The molecule has 0 radical (unpaired) electrons. The molecule has 0 bridgehead atoms. The van der Waals surface area contributed by atoms with E-state index in [1.54, 1.807) is 48.8 Å². The molecule has 3 heterocycles. The monoisotopic (exact) mass is 441 g/mol. The smallest absolute Gasteiger partial charge is 0.301 e. The summed E-state index contributed by atoms with van der Waals surface area (Å²) < 4.78 is 0.937. The van der Waals surface area contributed by atoms with Gasteiger partial charge in [-0.2, -0.15) is 0 Å². The first-order chi connectivity index (χ1) is 15.5. The van der Waals surface area contributed by atoms with Gasteiger partial charge in [0.05, 0.1) is 21.8 Å². The molecule has 1 aliphatic rings. The van der Waals surface area contributed by atoms with E-state index in [0.717, 1.165) is 21.3 Å². The zero-order valence-corrected chi connectivity index (χ0v) is 18.3. The molecule has 2 aromatic carbocycles. The lowest BCUT2D eigenvalue weighted by molar-refractivity contribution is -0.132. The highest BCUT2D eigenvalue weighted by molar-refractivity contribution is 7.22. The summed E-state index contributed by atoms with van der Waals surface area (Å²) in [6.45, 7) is 3.98. The molecule has 1 aliphatic heterocycles. The van der Waals surface area contributed by atoms with E-state index in [0.29, 0.717) is 16.3 Å². The fourth-order valence-corrected chi connectivity index (χ4v) is 5.26. The average Bonchev–Trinajstić information content (AvgIpc) is 3.33. The van der Waals surface area contributed by atoms with Crippen molar-refractivity contribution >= 4 is 44.1 Å². The second-order valence-corrected chi connectivity index (χ2v) is 8.76. The number of fused-ring (bicyclic) bond motifs is 1.